The first kappa shape index (κ1) is 19.3. The third kappa shape index (κ3) is 3.30. The first-order valence-electron chi connectivity index (χ1n) is 10.8. The minimum atomic E-state index is -0.252. The summed E-state index contributed by atoms with van der Waals surface area (Å²) in [6, 6.07) is 6.83. The van der Waals surface area contributed by atoms with Gasteiger partial charge in [0.15, 0.2) is 5.82 Å². The maximum atomic E-state index is 13.8. The Morgan fingerprint density at radius 2 is 2.10 bits per heavy atom. The Hall–Kier alpha value is -2.70. The zero-order chi connectivity index (χ0) is 20.8. The third-order valence-electron chi connectivity index (χ3n) is 7.13. The summed E-state index contributed by atoms with van der Waals surface area (Å²) in [7, 11) is 1.83. The quantitative estimate of drug-likeness (QED) is 0.782. The highest BCUT2D eigenvalue weighted by atomic mass is 19.1. The van der Waals surface area contributed by atoms with Crippen molar-refractivity contribution < 1.29 is 14.0 Å². The third-order valence-corrected chi connectivity index (χ3v) is 7.13. The summed E-state index contributed by atoms with van der Waals surface area (Å²) in [5, 5.41) is 0. The molecule has 3 aliphatic heterocycles. The second-order valence-corrected chi connectivity index (χ2v) is 8.99. The van der Waals surface area contributed by atoms with E-state index in [-0.39, 0.29) is 35.6 Å². The van der Waals surface area contributed by atoms with E-state index in [4.69, 9.17) is 0 Å². The van der Waals surface area contributed by atoms with Crippen LogP contribution in [-0.4, -0.2) is 56.3 Å². The number of amides is 2. The van der Waals surface area contributed by atoms with Gasteiger partial charge in [0.25, 0.3) is 5.91 Å². The number of halogens is 1. The summed E-state index contributed by atoms with van der Waals surface area (Å²) in [4.78, 5) is 34.4. The number of hydrogen-bond donors (Lipinski definition) is 0. The summed E-state index contributed by atoms with van der Waals surface area (Å²) in [6.45, 7) is 1.28. The maximum Gasteiger partial charge on any atom is 0.289 e. The van der Waals surface area contributed by atoms with Crippen molar-refractivity contribution >= 4 is 11.8 Å². The van der Waals surface area contributed by atoms with Crippen molar-refractivity contribution in [3.63, 3.8) is 0 Å². The molecule has 5 rings (SSSR count). The highest BCUT2D eigenvalue weighted by Crippen LogP contribution is 2.42. The molecule has 1 aromatic carbocycles. The predicted molar refractivity (Wildman–Crippen MR) is 109 cm³/mol. The Labute approximate surface area is 175 Å². The fourth-order valence-electron chi connectivity index (χ4n) is 5.82. The minimum Gasteiger partial charge on any atom is -0.336 e. The second kappa shape index (κ2) is 7.52. The Bertz CT molecular complexity index is 974. The van der Waals surface area contributed by atoms with Gasteiger partial charge in [-0.3, -0.25) is 9.59 Å². The lowest BCUT2D eigenvalue weighted by molar-refractivity contribution is -0.151. The van der Waals surface area contributed by atoms with Gasteiger partial charge in [-0.05, 0) is 55.2 Å². The van der Waals surface area contributed by atoms with Gasteiger partial charge in [-0.1, -0.05) is 12.1 Å². The van der Waals surface area contributed by atoms with E-state index in [0.717, 1.165) is 24.8 Å². The molecule has 3 saturated heterocycles. The summed E-state index contributed by atoms with van der Waals surface area (Å²) >= 11 is 0. The SMILES string of the molecule is Cn1ccnc1C(=O)N1C[C@H]2C[C@@H](C1)[C@H](Cc1cccc(F)c1)N1C(=O)CCC[C@@H]21. The molecule has 4 heterocycles. The van der Waals surface area contributed by atoms with Crippen LogP contribution in [0.5, 0.6) is 0 Å². The maximum absolute atomic E-state index is 13.8. The molecule has 0 N–H and O–H groups in total. The van der Waals surface area contributed by atoms with Gasteiger partial charge in [-0.25, -0.2) is 9.37 Å². The molecule has 0 unspecified atom stereocenters. The molecular formula is C23H27FN4O2. The zero-order valence-corrected chi connectivity index (χ0v) is 17.2. The molecule has 2 bridgehead atoms. The molecule has 0 saturated carbocycles. The molecule has 158 valence electrons. The number of likely N-dealkylation sites (tertiary alicyclic amines) is 1. The molecule has 2 amide bonds. The lowest BCUT2D eigenvalue weighted by atomic mass is 9.70. The number of carbonyl (C=O) groups is 2. The Morgan fingerprint density at radius 1 is 1.27 bits per heavy atom. The van der Waals surface area contributed by atoms with E-state index in [1.807, 2.05) is 18.0 Å². The second-order valence-electron chi connectivity index (χ2n) is 8.99. The van der Waals surface area contributed by atoms with Gasteiger partial charge in [0.2, 0.25) is 5.91 Å². The summed E-state index contributed by atoms with van der Waals surface area (Å²) in [5.41, 5.74) is 0.906. The Morgan fingerprint density at radius 3 is 2.87 bits per heavy atom. The van der Waals surface area contributed by atoms with Gasteiger partial charge < -0.3 is 14.4 Å². The van der Waals surface area contributed by atoms with E-state index in [9.17, 15) is 14.0 Å². The number of aromatic nitrogens is 2. The van der Waals surface area contributed by atoms with Crippen LogP contribution in [0.4, 0.5) is 4.39 Å². The van der Waals surface area contributed by atoms with Crippen molar-refractivity contribution in [2.45, 2.75) is 44.2 Å². The smallest absolute Gasteiger partial charge is 0.289 e. The molecule has 1 aromatic heterocycles. The molecular weight excluding hydrogens is 383 g/mol. The number of carbonyl (C=O) groups excluding carboxylic acids is 2. The molecule has 0 spiro atoms. The van der Waals surface area contributed by atoms with Crippen molar-refractivity contribution in [2.75, 3.05) is 13.1 Å². The summed E-state index contributed by atoms with van der Waals surface area (Å²) in [6.07, 6.45) is 7.54. The molecule has 30 heavy (non-hydrogen) atoms. The van der Waals surface area contributed by atoms with Gasteiger partial charge in [0, 0.05) is 51.0 Å². The topological polar surface area (TPSA) is 58.4 Å². The van der Waals surface area contributed by atoms with Gasteiger partial charge in [-0.2, -0.15) is 0 Å². The number of benzene rings is 1. The lowest BCUT2D eigenvalue weighted by Crippen LogP contribution is -2.66. The Balaban J connectivity index is 1.45. The molecule has 0 aliphatic carbocycles. The summed E-state index contributed by atoms with van der Waals surface area (Å²) < 4.78 is 15.6. The molecule has 0 radical (unpaired) electrons. The van der Waals surface area contributed by atoms with E-state index >= 15 is 0 Å². The number of rotatable bonds is 3. The van der Waals surface area contributed by atoms with E-state index in [1.165, 1.54) is 6.07 Å². The first-order valence-corrected chi connectivity index (χ1v) is 10.8. The van der Waals surface area contributed by atoms with Crippen LogP contribution >= 0.6 is 0 Å². The largest absolute Gasteiger partial charge is 0.336 e. The molecule has 6 nitrogen and oxygen atoms in total. The van der Waals surface area contributed by atoms with Crippen molar-refractivity contribution in [3.05, 3.63) is 53.9 Å². The van der Waals surface area contributed by atoms with Crippen molar-refractivity contribution in [1.29, 1.82) is 0 Å². The van der Waals surface area contributed by atoms with Crippen LogP contribution in [0, 0.1) is 17.7 Å². The minimum absolute atomic E-state index is 0.00202. The highest BCUT2D eigenvalue weighted by Gasteiger charge is 2.50. The molecule has 4 atom stereocenters. The number of aryl methyl sites for hydroxylation is 1. The number of piperidine rings is 3. The van der Waals surface area contributed by atoms with Crippen LogP contribution in [-0.2, 0) is 18.3 Å². The number of fused-ring (bicyclic) bond motifs is 4. The van der Waals surface area contributed by atoms with Crippen LogP contribution < -0.4 is 0 Å². The average molecular weight is 410 g/mol. The number of imidazole rings is 1. The highest BCUT2D eigenvalue weighted by molar-refractivity contribution is 5.91. The fraction of sp³-hybridized carbons (Fsp3) is 0.522. The van der Waals surface area contributed by atoms with Crippen LogP contribution in [0.1, 0.15) is 41.9 Å². The zero-order valence-electron chi connectivity index (χ0n) is 17.2. The van der Waals surface area contributed by atoms with Crippen LogP contribution in [0.15, 0.2) is 36.7 Å². The van der Waals surface area contributed by atoms with Gasteiger partial charge in [0.1, 0.15) is 5.82 Å². The predicted octanol–water partition coefficient (Wildman–Crippen LogP) is 2.64. The number of hydrogen-bond acceptors (Lipinski definition) is 3. The normalized spacial score (nSPS) is 28.4. The molecule has 3 aliphatic rings. The van der Waals surface area contributed by atoms with Crippen molar-refractivity contribution in [2.24, 2.45) is 18.9 Å². The summed E-state index contributed by atoms with van der Waals surface area (Å²) in [5.74, 6) is 0.852. The standard InChI is InChI=1S/C23H27FN4O2/c1-26-9-8-25-22(26)23(30)27-13-16-12-17(14-27)20(11-15-4-2-5-18(24)10-15)28-19(16)6-3-7-21(28)29/h2,4-5,8-10,16-17,19-20H,3,6-7,11-14H2,1H3/t16-,17+,19+,20+/m1/s1. The fourth-order valence-corrected chi connectivity index (χ4v) is 5.82. The van der Waals surface area contributed by atoms with E-state index in [2.05, 4.69) is 9.88 Å². The molecule has 2 aromatic rings. The molecule has 7 heteroatoms. The Kier molecular flexibility index (Phi) is 4.83. The first-order chi connectivity index (χ1) is 14.5. The van der Waals surface area contributed by atoms with Crippen LogP contribution in [0.3, 0.4) is 0 Å². The number of nitrogens with zero attached hydrogens (tertiary/aromatic N) is 4. The van der Waals surface area contributed by atoms with E-state index in [1.54, 1.807) is 29.1 Å². The van der Waals surface area contributed by atoms with Crippen LogP contribution in [0.25, 0.3) is 0 Å². The van der Waals surface area contributed by atoms with E-state index < -0.39 is 0 Å². The van der Waals surface area contributed by atoms with E-state index in [0.29, 0.717) is 37.7 Å². The van der Waals surface area contributed by atoms with Gasteiger partial charge in [0.05, 0.1) is 0 Å². The van der Waals surface area contributed by atoms with Gasteiger partial charge in [-0.15, -0.1) is 0 Å². The molecule has 3 fully saturated rings. The van der Waals surface area contributed by atoms with Gasteiger partial charge >= 0.3 is 0 Å². The lowest BCUT2D eigenvalue weighted by Gasteiger charge is -2.56. The van der Waals surface area contributed by atoms with Crippen molar-refractivity contribution in [1.82, 2.24) is 19.4 Å². The van der Waals surface area contributed by atoms with Crippen molar-refractivity contribution in [3.8, 4) is 0 Å². The van der Waals surface area contributed by atoms with Crippen LogP contribution in [0.2, 0.25) is 0 Å². The average Bonchev–Trinajstić information content (AvgIpc) is 3.16. The monoisotopic (exact) mass is 410 g/mol.